The van der Waals surface area contributed by atoms with E-state index < -0.39 is 26.5 Å². The molecule has 2 atom stereocenters. The van der Waals surface area contributed by atoms with Crippen LogP contribution in [0.25, 0.3) is 0 Å². The zero-order chi connectivity index (χ0) is 69.7. The highest BCUT2D eigenvalue weighted by Gasteiger charge is 2.27. The lowest BCUT2D eigenvalue weighted by Crippen LogP contribution is -2.37. The van der Waals surface area contributed by atoms with E-state index in [1.807, 2.05) is 21.1 Å². The average Bonchev–Trinajstić information content (AvgIpc) is 2.72. The Hall–Kier alpha value is -3.85. The van der Waals surface area contributed by atoms with Crippen molar-refractivity contribution in [2.45, 2.75) is 354 Å². The molecular weight excluding hydrogens is 1210 g/mol. The fourth-order valence-electron chi connectivity index (χ4n) is 11.2. The number of allylic oxidation sites excluding steroid dienone is 22. The summed E-state index contributed by atoms with van der Waals surface area (Å²) in [6.45, 7) is 4.24. The zero-order valence-electron chi connectivity index (χ0n) is 63.1. The van der Waals surface area contributed by atoms with Gasteiger partial charge in [-0.3, -0.25) is 18.6 Å². The first-order valence-electron chi connectivity index (χ1n) is 39.9. The molecule has 0 aliphatic heterocycles. The number of carbonyl (C=O) groups is 2. The first-order valence-corrected chi connectivity index (χ1v) is 41.4. The van der Waals surface area contributed by atoms with E-state index >= 15 is 0 Å². The van der Waals surface area contributed by atoms with Gasteiger partial charge in [0.05, 0.1) is 27.7 Å². The van der Waals surface area contributed by atoms with Gasteiger partial charge in [0.2, 0.25) is 0 Å². The lowest BCUT2D eigenvalue weighted by Gasteiger charge is -2.24. The van der Waals surface area contributed by atoms with Gasteiger partial charge in [0.25, 0.3) is 0 Å². The van der Waals surface area contributed by atoms with Crippen molar-refractivity contribution < 1.29 is 42.1 Å². The van der Waals surface area contributed by atoms with Crippen LogP contribution in [0.2, 0.25) is 0 Å². The summed E-state index contributed by atoms with van der Waals surface area (Å²) in [5.41, 5.74) is 0. The van der Waals surface area contributed by atoms with Gasteiger partial charge in [0.1, 0.15) is 19.8 Å². The second-order valence-corrected chi connectivity index (χ2v) is 29.1. The second-order valence-electron chi connectivity index (χ2n) is 27.7. The Morgan fingerprint density at radius 2 is 0.562 bits per heavy atom. The summed E-state index contributed by atoms with van der Waals surface area (Å²) < 4.78 is 34.8. The van der Waals surface area contributed by atoms with E-state index in [1.54, 1.807) is 0 Å². The van der Waals surface area contributed by atoms with Crippen LogP contribution in [0, 0.1) is 0 Å². The number of quaternary nitrogens is 1. The van der Waals surface area contributed by atoms with Gasteiger partial charge in [0, 0.05) is 12.8 Å². The number of esters is 2. The predicted molar refractivity (Wildman–Crippen MR) is 417 cm³/mol. The highest BCUT2D eigenvalue weighted by atomic mass is 31.2. The van der Waals surface area contributed by atoms with Gasteiger partial charge >= 0.3 is 19.8 Å². The number of nitrogens with zero attached hydrogens (tertiary/aromatic N) is 1. The summed E-state index contributed by atoms with van der Waals surface area (Å²) in [4.78, 5) is 36.0. The molecule has 0 aromatic carbocycles. The van der Waals surface area contributed by atoms with Gasteiger partial charge in [-0.1, -0.05) is 359 Å². The molecule has 9 nitrogen and oxygen atoms in total. The van der Waals surface area contributed by atoms with Crippen molar-refractivity contribution in [1.29, 1.82) is 0 Å². The highest BCUT2D eigenvalue weighted by Crippen LogP contribution is 2.43. The Morgan fingerprint density at radius 1 is 0.323 bits per heavy atom. The number of phosphoric acid groups is 1. The molecule has 0 aromatic heterocycles. The largest absolute Gasteiger partial charge is 0.472 e. The lowest BCUT2D eigenvalue weighted by molar-refractivity contribution is -0.870. The molecule has 0 saturated heterocycles. The van der Waals surface area contributed by atoms with Crippen molar-refractivity contribution in [3.05, 3.63) is 134 Å². The number of hydrogen-bond donors (Lipinski definition) is 1. The Bertz CT molecular complexity index is 2090. The van der Waals surface area contributed by atoms with Crippen LogP contribution in [-0.4, -0.2) is 74.9 Å². The van der Waals surface area contributed by atoms with Crippen LogP contribution in [0.3, 0.4) is 0 Å². The summed E-state index contributed by atoms with van der Waals surface area (Å²) >= 11 is 0. The Balaban J connectivity index is 3.97. The molecule has 0 aliphatic rings. The van der Waals surface area contributed by atoms with E-state index in [0.717, 1.165) is 109 Å². The molecule has 10 heteroatoms. The molecule has 1 N–H and O–H groups in total. The maximum Gasteiger partial charge on any atom is 0.472 e. The molecule has 0 saturated carbocycles. The Morgan fingerprint density at radius 3 is 0.833 bits per heavy atom. The summed E-state index contributed by atoms with van der Waals surface area (Å²) in [6.07, 6.45) is 110. The fourth-order valence-corrected chi connectivity index (χ4v) is 11.9. The summed E-state index contributed by atoms with van der Waals surface area (Å²) in [5.74, 6) is -0.787. The smallest absolute Gasteiger partial charge is 0.462 e. The van der Waals surface area contributed by atoms with Crippen molar-refractivity contribution in [3.8, 4) is 0 Å². The van der Waals surface area contributed by atoms with E-state index in [2.05, 4.69) is 148 Å². The molecule has 0 amide bonds. The molecule has 2 unspecified atom stereocenters. The third kappa shape index (κ3) is 79.1. The third-order valence-electron chi connectivity index (χ3n) is 17.2. The molecule has 0 bridgehead atoms. The average molecular weight is 1360 g/mol. The first kappa shape index (κ1) is 92.2. The van der Waals surface area contributed by atoms with Crippen LogP contribution in [0.15, 0.2) is 134 Å². The van der Waals surface area contributed by atoms with Gasteiger partial charge in [0.15, 0.2) is 6.10 Å². The molecule has 0 aliphatic carbocycles. The minimum atomic E-state index is -4.40. The van der Waals surface area contributed by atoms with Crippen molar-refractivity contribution in [2.75, 3.05) is 47.5 Å². The molecule has 0 spiro atoms. The number of rotatable bonds is 73. The maximum atomic E-state index is 12.9. The number of likely N-dealkylation sites (N-methyl/N-ethyl adjacent to an activating group) is 1. The molecule has 0 fully saturated rings. The van der Waals surface area contributed by atoms with Crippen LogP contribution in [0.4, 0.5) is 0 Å². The summed E-state index contributed by atoms with van der Waals surface area (Å²) in [5, 5.41) is 0. The minimum absolute atomic E-state index is 0.0292. The number of unbranched alkanes of at least 4 members (excludes halogenated alkanes) is 37. The SMILES string of the molecule is CC/C=C\C/C=C\C/C=C\C/C=C\C/C=C\C/C=C\C/C=C\CCCCCCCCCCCCCCCCCC(=O)OC(COC(=O)CCCCCCCCCCCCCCCCCCCCCCCC/C=C\C/C=C\C/C=C\C/C=C\CC)COP(=O)(O)OCC[N+](C)(C)C. The Kier molecular flexibility index (Phi) is 72.3. The second kappa shape index (κ2) is 75.4. The van der Waals surface area contributed by atoms with E-state index in [9.17, 15) is 19.0 Å². The quantitative estimate of drug-likeness (QED) is 0.0211. The molecular formula is C86H151NO8P+. The molecule has 96 heavy (non-hydrogen) atoms. The van der Waals surface area contributed by atoms with Crippen molar-refractivity contribution >= 4 is 19.8 Å². The predicted octanol–water partition coefficient (Wildman–Crippen LogP) is 26.7. The van der Waals surface area contributed by atoms with Gasteiger partial charge in [-0.15, -0.1) is 0 Å². The normalized spacial score (nSPS) is 13.8. The van der Waals surface area contributed by atoms with E-state index in [1.165, 1.54) is 205 Å². The summed E-state index contributed by atoms with van der Waals surface area (Å²) in [6, 6.07) is 0. The van der Waals surface area contributed by atoms with Crippen LogP contribution in [0.1, 0.15) is 348 Å². The van der Waals surface area contributed by atoms with Crippen LogP contribution < -0.4 is 0 Å². The van der Waals surface area contributed by atoms with Crippen molar-refractivity contribution in [2.24, 2.45) is 0 Å². The van der Waals surface area contributed by atoms with Crippen LogP contribution in [0.5, 0.6) is 0 Å². The zero-order valence-corrected chi connectivity index (χ0v) is 64.0. The molecule has 552 valence electrons. The minimum Gasteiger partial charge on any atom is -0.462 e. The molecule has 0 aromatic rings. The molecule has 0 rings (SSSR count). The topological polar surface area (TPSA) is 108 Å². The highest BCUT2D eigenvalue weighted by molar-refractivity contribution is 7.47. The molecule has 0 radical (unpaired) electrons. The first-order chi connectivity index (χ1) is 47.0. The van der Waals surface area contributed by atoms with E-state index in [-0.39, 0.29) is 32.0 Å². The lowest BCUT2D eigenvalue weighted by atomic mass is 10.0. The van der Waals surface area contributed by atoms with Crippen LogP contribution >= 0.6 is 7.82 Å². The van der Waals surface area contributed by atoms with Crippen molar-refractivity contribution in [1.82, 2.24) is 0 Å². The number of carbonyl (C=O) groups excluding carboxylic acids is 2. The molecule has 0 heterocycles. The number of hydrogen-bond acceptors (Lipinski definition) is 7. The summed E-state index contributed by atoms with van der Waals surface area (Å²) in [7, 11) is 1.48. The van der Waals surface area contributed by atoms with E-state index in [0.29, 0.717) is 17.4 Å². The van der Waals surface area contributed by atoms with Crippen molar-refractivity contribution in [3.63, 3.8) is 0 Å². The monoisotopic (exact) mass is 1360 g/mol. The number of ether oxygens (including phenoxy) is 2. The maximum absolute atomic E-state index is 12.9. The standard InChI is InChI=1S/C86H150NO8P/c1-6-8-10-12-14-16-18-20-22-24-26-28-30-32-34-36-38-40-42-43-45-47-49-51-53-55-57-59-61-63-65-67-69-71-73-75-77-79-86(89)95-84(83-94-96(90,91)93-81-80-87(3,4)5)82-92-85(88)78-76-74-72-70-68-66-64-62-60-58-56-54-52-50-48-46-44-41-39-37-35-33-31-29-27-25-23-21-19-17-15-13-11-9-7-2/h8-11,14-17,20-23,26-29,32,34,38,40,43,45,84H,6-7,12-13,18-19,24-25,30-31,33,35-37,39,41-42,44,46-83H2,1-5H3/p+1/b10-8-,11-9-,16-14-,17-15-,22-20-,23-21-,28-26-,29-27-,34-32-,40-38-,45-43-. The third-order valence-corrected chi connectivity index (χ3v) is 18.2. The fraction of sp³-hybridized carbons (Fsp3) is 0.721. The number of phosphoric ester groups is 1. The van der Waals surface area contributed by atoms with Gasteiger partial charge in [-0.25, -0.2) is 4.57 Å². The Labute approximate surface area is 593 Å². The van der Waals surface area contributed by atoms with Gasteiger partial charge < -0.3 is 18.9 Å². The van der Waals surface area contributed by atoms with Gasteiger partial charge in [-0.05, 0) is 109 Å². The van der Waals surface area contributed by atoms with Gasteiger partial charge in [-0.2, -0.15) is 0 Å². The van der Waals surface area contributed by atoms with Crippen LogP contribution in [-0.2, 0) is 32.7 Å². The van der Waals surface area contributed by atoms with E-state index in [4.69, 9.17) is 18.5 Å².